The summed E-state index contributed by atoms with van der Waals surface area (Å²) < 4.78 is 0. The maximum absolute atomic E-state index is 12.4. The van der Waals surface area contributed by atoms with Gasteiger partial charge in [0.25, 0.3) is 5.91 Å². The molecule has 0 unspecified atom stereocenters. The fourth-order valence-corrected chi connectivity index (χ4v) is 3.07. The molecule has 1 aromatic heterocycles. The van der Waals surface area contributed by atoms with Gasteiger partial charge >= 0.3 is 0 Å². The standard InChI is InChI=1S/C14H18N2O2/c1-9-12-10(5-4-6-11(12)17)15-13(9)14(18)16-7-2-3-8-16/h15H,2-8H2,1H3. The molecule has 1 aromatic rings. The number of carbonyl (C=O) groups excluding carboxylic acids is 2. The number of likely N-dealkylation sites (tertiary alicyclic amines) is 1. The van der Waals surface area contributed by atoms with Crippen molar-refractivity contribution in [1.29, 1.82) is 0 Å². The predicted molar refractivity (Wildman–Crippen MR) is 67.9 cm³/mol. The molecule has 4 nitrogen and oxygen atoms in total. The summed E-state index contributed by atoms with van der Waals surface area (Å²) >= 11 is 0. The van der Waals surface area contributed by atoms with E-state index in [2.05, 4.69) is 4.98 Å². The maximum atomic E-state index is 12.4. The highest BCUT2D eigenvalue weighted by Gasteiger charge is 2.29. The van der Waals surface area contributed by atoms with E-state index in [0.717, 1.165) is 55.6 Å². The molecular formula is C14H18N2O2. The molecule has 1 aliphatic carbocycles. The number of rotatable bonds is 1. The molecule has 0 spiro atoms. The number of nitrogens with one attached hydrogen (secondary N) is 1. The van der Waals surface area contributed by atoms with Crippen LogP contribution < -0.4 is 0 Å². The number of H-pyrrole nitrogens is 1. The maximum Gasteiger partial charge on any atom is 0.270 e. The van der Waals surface area contributed by atoms with E-state index in [1.54, 1.807) is 0 Å². The van der Waals surface area contributed by atoms with Gasteiger partial charge in [0.1, 0.15) is 5.69 Å². The molecule has 0 aromatic carbocycles. The Hall–Kier alpha value is -1.58. The second kappa shape index (κ2) is 4.26. The lowest BCUT2D eigenvalue weighted by Crippen LogP contribution is -2.28. The first kappa shape index (κ1) is 11.5. The highest BCUT2D eigenvalue weighted by Crippen LogP contribution is 2.27. The molecule has 3 rings (SSSR count). The lowest BCUT2D eigenvalue weighted by Gasteiger charge is -2.14. The van der Waals surface area contributed by atoms with Crippen LogP contribution in [0.1, 0.15) is 57.8 Å². The second-order valence-electron chi connectivity index (χ2n) is 5.25. The Bertz CT molecular complexity index is 510. The fraction of sp³-hybridized carbons (Fsp3) is 0.571. The molecule has 1 N–H and O–H groups in total. The van der Waals surface area contributed by atoms with E-state index in [1.807, 2.05) is 11.8 Å². The molecule has 96 valence electrons. The molecule has 1 fully saturated rings. The minimum absolute atomic E-state index is 0.0622. The Morgan fingerprint density at radius 1 is 1.17 bits per heavy atom. The van der Waals surface area contributed by atoms with Gasteiger partial charge in [-0.15, -0.1) is 0 Å². The number of nitrogens with zero attached hydrogens (tertiary/aromatic N) is 1. The molecule has 4 heteroatoms. The van der Waals surface area contributed by atoms with Gasteiger partial charge in [0, 0.05) is 30.8 Å². The van der Waals surface area contributed by atoms with E-state index in [-0.39, 0.29) is 11.7 Å². The largest absolute Gasteiger partial charge is 0.354 e. The van der Waals surface area contributed by atoms with Crippen molar-refractivity contribution in [2.45, 2.75) is 39.0 Å². The normalized spacial score (nSPS) is 19.2. The topological polar surface area (TPSA) is 53.2 Å². The zero-order valence-electron chi connectivity index (χ0n) is 10.7. The van der Waals surface area contributed by atoms with E-state index in [0.29, 0.717) is 12.1 Å². The lowest BCUT2D eigenvalue weighted by atomic mass is 9.94. The van der Waals surface area contributed by atoms with Gasteiger partial charge in [-0.2, -0.15) is 0 Å². The number of fused-ring (bicyclic) bond motifs is 1. The lowest BCUT2D eigenvalue weighted by molar-refractivity contribution is 0.0786. The van der Waals surface area contributed by atoms with Crippen LogP contribution in [0.4, 0.5) is 0 Å². The van der Waals surface area contributed by atoms with Crippen LogP contribution in [0.15, 0.2) is 0 Å². The monoisotopic (exact) mass is 246 g/mol. The van der Waals surface area contributed by atoms with Crippen molar-refractivity contribution in [2.24, 2.45) is 0 Å². The van der Waals surface area contributed by atoms with E-state index < -0.39 is 0 Å². The zero-order chi connectivity index (χ0) is 12.7. The minimum atomic E-state index is 0.0622. The number of aromatic nitrogens is 1. The van der Waals surface area contributed by atoms with Crippen molar-refractivity contribution in [1.82, 2.24) is 9.88 Å². The van der Waals surface area contributed by atoms with Gasteiger partial charge in [0.2, 0.25) is 0 Å². The van der Waals surface area contributed by atoms with Gasteiger partial charge in [0.15, 0.2) is 5.78 Å². The number of hydrogen-bond donors (Lipinski definition) is 1. The quantitative estimate of drug-likeness (QED) is 0.824. The molecule has 1 saturated heterocycles. The van der Waals surface area contributed by atoms with Crippen LogP contribution in [0, 0.1) is 6.92 Å². The average molecular weight is 246 g/mol. The van der Waals surface area contributed by atoms with E-state index >= 15 is 0 Å². The summed E-state index contributed by atoms with van der Waals surface area (Å²) in [7, 11) is 0. The van der Waals surface area contributed by atoms with Crippen LogP contribution in [0.2, 0.25) is 0 Å². The van der Waals surface area contributed by atoms with Crippen LogP contribution >= 0.6 is 0 Å². The van der Waals surface area contributed by atoms with Crippen LogP contribution in [0.25, 0.3) is 0 Å². The highest BCUT2D eigenvalue weighted by atomic mass is 16.2. The number of aromatic amines is 1. The second-order valence-corrected chi connectivity index (χ2v) is 5.25. The van der Waals surface area contributed by atoms with Gasteiger partial charge in [-0.05, 0) is 38.2 Å². The van der Waals surface area contributed by atoms with Crippen molar-refractivity contribution in [2.75, 3.05) is 13.1 Å². The Morgan fingerprint density at radius 2 is 1.89 bits per heavy atom. The number of ketones is 1. The van der Waals surface area contributed by atoms with Crippen LogP contribution in [-0.2, 0) is 6.42 Å². The van der Waals surface area contributed by atoms with Crippen LogP contribution in [0.5, 0.6) is 0 Å². The smallest absolute Gasteiger partial charge is 0.270 e. The summed E-state index contributed by atoms with van der Waals surface area (Å²) in [4.78, 5) is 29.4. The van der Waals surface area contributed by atoms with Gasteiger partial charge in [-0.1, -0.05) is 0 Å². The molecule has 0 saturated carbocycles. The molecule has 1 aliphatic heterocycles. The summed E-state index contributed by atoms with van der Waals surface area (Å²) in [5.74, 6) is 0.248. The molecule has 2 aliphatic rings. The minimum Gasteiger partial charge on any atom is -0.354 e. The molecule has 0 atom stereocenters. The third kappa shape index (κ3) is 1.67. The van der Waals surface area contributed by atoms with Crippen molar-refractivity contribution in [3.8, 4) is 0 Å². The number of carbonyl (C=O) groups is 2. The zero-order valence-corrected chi connectivity index (χ0v) is 10.7. The van der Waals surface area contributed by atoms with Gasteiger partial charge in [-0.3, -0.25) is 9.59 Å². The van der Waals surface area contributed by atoms with Crippen molar-refractivity contribution in [3.05, 3.63) is 22.5 Å². The Morgan fingerprint density at radius 3 is 2.56 bits per heavy atom. The first-order valence-electron chi connectivity index (χ1n) is 6.72. The first-order chi connectivity index (χ1) is 8.68. The van der Waals surface area contributed by atoms with E-state index in [4.69, 9.17) is 0 Å². The first-order valence-corrected chi connectivity index (χ1v) is 6.72. The summed E-state index contributed by atoms with van der Waals surface area (Å²) in [5, 5.41) is 0. The fourth-order valence-electron chi connectivity index (χ4n) is 3.07. The molecule has 1 amide bonds. The summed E-state index contributed by atoms with van der Waals surface area (Å²) in [6, 6.07) is 0. The Balaban J connectivity index is 1.98. The number of amides is 1. The third-order valence-electron chi connectivity index (χ3n) is 4.04. The third-order valence-corrected chi connectivity index (χ3v) is 4.04. The number of aryl methyl sites for hydroxylation is 1. The molecule has 0 bridgehead atoms. The highest BCUT2D eigenvalue weighted by molar-refractivity contribution is 6.04. The summed E-state index contributed by atoms with van der Waals surface area (Å²) in [6.07, 6.45) is 4.57. The molecule has 18 heavy (non-hydrogen) atoms. The van der Waals surface area contributed by atoms with Gasteiger partial charge in [-0.25, -0.2) is 0 Å². The average Bonchev–Trinajstić information content (AvgIpc) is 2.97. The summed E-state index contributed by atoms with van der Waals surface area (Å²) in [6.45, 7) is 3.58. The molecule has 2 heterocycles. The predicted octanol–water partition coefficient (Wildman–Crippen LogP) is 2.08. The summed E-state index contributed by atoms with van der Waals surface area (Å²) in [5.41, 5.74) is 3.24. The number of hydrogen-bond acceptors (Lipinski definition) is 2. The van der Waals surface area contributed by atoms with Crippen molar-refractivity contribution >= 4 is 11.7 Å². The van der Waals surface area contributed by atoms with Gasteiger partial charge in [0.05, 0.1) is 0 Å². The van der Waals surface area contributed by atoms with Crippen molar-refractivity contribution < 1.29 is 9.59 Å². The van der Waals surface area contributed by atoms with Crippen LogP contribution in [0.3, 0.4) is 0 Å². The van der Waals surface area contributed by atoms with Crippen molar-refractivity contribution in [3.63, 3.8) is 0 Å². The Labute approximate surface area is 106 Å². The SMILES string of the molecule is Cc1c(C(=O)N2CCCC2)[nH]c2c1C(=O)CCC2. The van der Waals surface area contributed by atoms with Gasteiger partial charge < -0.3 is 9.88 Å². The van der Waals surface area contributed by atoms with Crippen LogP contribution in [-0.4, -0.2) is 34.7 Å². The molecule has 0 radical (unpaired) electrons. The van der Waals surface area contributed by atoms with E-state index in [1.165, 1.54) is 0 Å². The van der Waals surface area contributed by atoms with E-state index in [9.17, 15) is 9.59 Å². The number of Topliss-reactive ketones (excluding diaryl/α,β-unsaturated/α-hetero) is 1. The molecular weight excluding hydrogens is 228 g/mol. The Kier molecular flexibility index (Phi) is 2.73.